The highest BCUT2D eigenvalue weighted by Crippen LogP contribution is 2.36. The average molecular weight is 252 g/mol. The summed E-state index contributed by atoms with van der Waals surface area (Å²) in [6, 6.07) is 2.55. The van der Waals surface area contributed by atoms with Crippen LogP contribution in [0.3, 0.4) is 0 Å². The van der Waals surface area contributed by atoms with Crippen molar-refractivity contribution in [1.29, 1.82) is 0 Å². The number of nitrogens with zero attached hydrogens (tertiary/aromatic N) is 1. The first-order valence-electron chi connectivity index (χ1n) is 8.11. The highest BCUT2D eigenvalue weighted by atomic mass is 15.2. The maximum Gasteiger partial charge on any atom is 0.0114 e. The van der Waals surface area contributed by atoms with Gasteiger partial charge in [0, 0.05) is 24.7 Å². The van der Waals surface area contributed by atoms with Gasteiger partial charge in [0.2, 0.25) is 0 Å². The zero-order valence-corrected chi connectivity index (χ0v) is 12.8. The largest absolute Gasteiger partial charge is 0.314 e. The van der Waals surface area contributed by atoms with E-state index in [1.54, 1.807) is 0 Å². The number of nitrogens with one attached hydrogen (secondary N) is 1. The van der Waals surface area contributed by atoms with Crippen molar-refractivity contribution in [2.75, 3.05) is 13.1 Å². The van der Waals surface area contributed by atoms with Gasteiger partial charge in [0.1, 0.15) is 0 Å². The molecule has 2 rings (SSSR count). The number of rotatable bonds is 6. The van der Waals surface area contributed by atoms with Crippen LogP contribution in [0.25, 0.3) is 0 Å². The molecule has 3 unspecified atom stereocenters. The van der Waals surface area contributed by atoms with Crippen molar-refractivity contribution in [1.82, 2.24) is 10.2 Å². The molecule has 2 heterocycles. The lowest BCUT2D eigenvalue weighted by Crippen LogP contribution is -2.50. The molecule has 0 saturated carbocycles. The monoisotopic (exact) mass is 252 g/mol. The maximum absolute atomic E-state index is 3.74. The summed E-state index contributed by atoms with van der Waals surface area (Å²) < 4.78 is 0. The molecule has 3 atom stereocenters. The van der Waals surface area contributed by atoms with Crippen molar-refractivity contribution in [3.8, 4) is 0 Å². The van der Waals surface area contributed by atoms with Gasteiger partial charge in [-0.25, -0.2) is 0 Å². The van der Waals surface area contributed by atoms with E-state index in [9.17, 15) is 0 Å². The predicted molar refractivity (Wildman–Crippen MR) is 78.8 cm³/mol. The van der Waals surface area contributed by atoms with E-state index in [2.05, 4.69) is 37.9 Å². The van der Waals surface area contributed by atoms with Gasteiger partial charge in [-0.15, -0.1) is 0 Å². The van der Waals surface area contributed by atoms with Crippen LogP contribution in [0.1, 0.15) is 59.8 Å². The Labute approximate surface area is 114 Å². The highest BCUT2D eigenvalue weighted by molar-refractivity contribution is 4.97. The molecule has 2 heteroatoms. The van der Waals surface area contributed by atoms with E-state index in [4.69, 9.17) is 0 Å². The lowest BCUT2D eigenvalue weighted by atomic mass is 9.92. The minimum Gasteiger partial charge on any atom is -0.314 e. The van der Waals surface area contributed by atoms with Crippen LogP contribution >= 0.6 is 0 Å². The smallest absolute Gasteiger partial charge is 0.0114 e. The Bertz CT molecular complexity index is 237. The third-order valence-electron chi connectivity index (χ3n) is 5.20. The molecule has 0 aromatic heterocycles. The third-order valence-corrected chi connectivity index (χ3v) is 5.20. The molecule has 0 aromatic rings. The van der Waals surface area contributed by atoms with Crippen LogP contribution in [0.2, 0.25) is 0 Å². The van der Waals surface area contributed by atoms with Crippen molar-refractivity contribution in [3.05, 3.63) is 0 Å². The van der Waals surface area contributed by atoms with Crippen LogP contribution in [0.5, 0.6) is 0 Å². The summed E-state index contributed by atoms with van der Waals surface area (Å²) >= 11 is 0. The second-order valence-corrected chi connectivity index (χ2v) is 6.93. The van der Waals surface area contributed by atoms with Crippen LogP contribution in [-0.4, -0.2) is 36.1 Å². The molecule has 2 aliphatic rings. The van der Waals surface area contributed by atoms with Crippen LogP contribution in [0.15, 0.2) is 0 Å². The Morgan fingerprint density at radius 1 is 1.11 bits per heavy atom. The lowest BCUT2D eigenvalue weighted by molar-refractivity contribution is 0.0915. The van der Waals surface area contributed by atoms with Gasteiger partial charge in [-0.2, -0.15) is 0 Å². The molecule has 0 radical (unpaired) electrons. The first-order valence-corrected chi connectivity index (χ1v) is 8.11. The topological polar surface area (TPSA) is 15.3 Å². The lowest BCUT2D eigenvalue weighted by Gasteiger charge is -2.41. The van der Waals surface area contributed by atoms with Gasteiger partial charge in [-0.3, -0.25) is 4.90 Å². The van der Waals surface area contributed by atoms with E-state index in [1.165, 1.54) is 45.2 Å². The maximum atomic E-state index is 3.74. The van der Waals surface area contributed by atoms with E-state index >= 15 is 0 Å². The molecule has 0 aliphatic carbocycles. The Morgan fingerprint density at radius 3 is 2.22 bits per heavy atom. The molecular formula is C16H32N2. The number of piperidine rings is 1. The first-order chi connectivity index (χ1) is 8.61. The summed E-state index contributed by atoms with van der Waals surface area (Å²) in [4.78, 5) is 2.84. The minimum atomic E-state index is 0.799. The van der Waals surface area contributed by atoms with Gasteiger partial charge in [0.25, 0.3) is 0 Å². The van der Waals surface area contributed by atoms with Crippen LogP contribution < -0.4 is 5.32 Å². The van der Waals surface area contributed by atoms with Crippen molar-refractivity contribution in [2.45, 2.75) is 77.9 Å². The molecule has 0 spiro atoms. The molecule has 2 bridgehead atoms. The normalized spacial score (nSPS) is 34.2. The molecular weight excluding hydrogens is 220 g/mol. The number of hydrogen-bond donors (Lipinski definition) is 1. The first kappa shape index (κ1) is 14.3. The van der Waals surface area contributed by atoms with E-state index in [0.29, 0.717) is 0 Å². The molecule has 0 amide bonds. The molecule has 1 N–H and O–H groups in total. The average Bonchev–Trinajstić information content (AvgIpc) is 2.59. The molecule has 18 heavy (non-hydrogen) atoms. The fraction of sp³-hybridized carbons (Fsp3) is 1.00. The van der Waals surface area contributed by atoms with E-state index in [0.717, 1.165) is 30.0 Å². The summed E-state index contributed by atoms with van der Waals surface area (Å²) in [7, 11) is 0. The van der Waals surface area contributed by atoms with Gasteiger partial charge >= 0.3 is 0 Å². The predicted octanol–water partition coefficient (Wildman–Crippen LogP) is 3.27. The summed E-state index contributed by atoms with van der Waals surface area (Å²) in [6.45, 7) is 11.9. The van der Waals surface area contributed by atoms with Gasteiger partial charge in [0.05, 0.1) is 0 Å². The summed E-state index contributed by atoms with van der Waals surface area (Å²) in [5.41, 5.74) is 0. The van der Waals surface area contributed by atoms with E-state index in [-0.39, 0.29) is 0 Å². The Kier molecular flexibility index (Phi) is 5.08. The Morgan fingerprint density at radius 2 is 1.72 bits per heavy atom. The van der Waals surface area contributed by atoms with E-state index < -0.39 is 0 Å². The van der Waals surface area contributed by atoms with E-state index in [1.807, 2.05) is 0 Å². The summed E-state index contributed by atoms with van der Waals surface area (Å²) in [6.07, 6.45) is 6.93. The fourth-order valence-corrected chi connectivity index (χ4v) is 3.63. The second kappa shape index (κ2) is 6.38. The molecule has 2 nitrogen and oxygen atoms in total. The number of hydrogen-bond acceptors (Lipinski definition) is 2. The summed E-state index contributed by atoms with van der Waals surface area (Å²) in [5, 5.41) is 3.74. The van der Waals surface area contributed by atoms with Gasteiger partial charge in [-0.1, -0.05) is 27.7 Å². The zero-order chi connectivity index (χ0) is 13.1. The molecule has 0 aromatic carbocycles. The zero-order valence-electron chi connectivity index (χ0n) is 12.8. The van der Waals surface area contributed by atoms with Crippen molar-refractivity contribution in [2.24, 2.45) is 11.8 Å². The van der Waals surface area contributed by atoms with Gasteiger partial charge in [0.15, 0.2) is 0 Å². The Balaban J connectivity index is 1.86. The van der Waals surface area contributed by atoms with Crippen LogP contribution in [0.4, 0.5) is 0 Å². The molecule has 2 fully saturated rings. The van der Waals surface area contributed by atoms with Crippen molar-refractivity contribution < 1.29 is 0 Å². The van der Waals surface area contributed by atoms with Crippen molar-refractivity contribution in [3.63, 3.8) is 0 Å². The molecule has 2 aliphatic heterocycles. The second-order valence-electron chi connectivity index (χ2n) is 6.93. The minimum absolute atomic E-state index is 0.799. The van der Waals surface area contributed by atoms with Crippen LogP contribution in [-0.2, 0) is 0 Å². The summed E-state index contributed by atoms with van der Waals surface area (Å²) in [5.74, 6) is 1.66. The standard InChI is InChI=1S/C16H32N2/c1-5-8-17-14-9-15-6-7-16(10-14)18(15)11-13(4)12(2)3/h12-17H,5-11H2,1-4H3. The quantitative estimate of drug-likeness (QED) is 0.780. The highest BCUT2D eigenvalue weighted by Gasteiger charge is 2.40. The van der Waals surface area contributed by atoms with Crippen molar-refractivity contribution >= 4 is 0 Å². The molecule has 2 saturated heterocycles. The van der Waals surface area contributed by atoms with Gasteiger partial charge in [-0.05, 0) is 50.5 Å². The fourth-order valence-electron chi connectivity index (χ4n) is 3.63. The number of fused-ring (bicyclic) bond motifs is 2. The Hall–Kier alpha value is -0.0800. The van der Waals surface area contributed by atoms with Gasteiger partial charge < -0.3 is 5.32 Å². The van der Waals surface area contributed by atoms with Crippen LogP contribution in [0, 0.1) is 11.8 Å². The molecule has 106 valence electrons. The SMILES string of the molecule is CCCNC1CC2CCC(C1)N2CC(C)C(C)C. The third kappa shape index (κ3) is 3.27.